The van der Waals surface area contributed by atoms with Gasteiger partial charge in [-0.25, -0.2) is 8.42 Å². The SMILES string of the molecule is CN(C)C(CN=C1NS(=O)(=O)c2ccccc21)c1cnn(C)c1. The molecule has 23 heavy (non-hydrogen) atoms. The van der Waals surface area contributed by atoms with Gasteiger partial charge in [0.25, 0.3) is 10.0 Å². The van der Waals surface area contributed by atoms with E-state index in [4.69, 9.17) is 0 Å². The quantitative estimate of drug-likeness (QED) is 0.896. The maximum absolute atomic E-state index is 12.1. The smallest absolute Gasteiger partial charge is 0.263 e. The first-order chi connectivity index (χ1) is 10.9. The van der Waals surface area contributed by atoms with Crippen LogP contribution in [0.5, 0.6) is 0 Å². The zero-order valence-corrected chi connectivity index (χ0v) is 14.1. The third-order valence-corrected chi connectivity index (χ3v) is 5.22. The predicted octanol–water partition coefficient (Wildman–Crippen LogP) is 0.761. The standard InChI is InChI=1S/C15H19N5O2S/c1-19(2)13(11-8-17-20(3)10-11)9-16-15-12-6-4-5-7-14(12)23(21,22)18-15/h4-8,10,13H,9H2,1-3H3,(H,16,18). The number of aliphatic imine (C=N–C) groups is 1. The molecular weight excluding hydrogens is 314 g/mol. The molecule has 1 N–H and O–H groups in total. The highest BCUT2D eigenvalue weighted by Gasteiger charge is 2.30. The van der Waals surface area contributed by atoms with E-state index >= 15 is 0 Å². The Kier molecular flexibility index (Phi) is 3.95. The first-order valence-electron chi connectivity index (χ1n) is 7.20. The Morgan fingerprint density at radius 3 is 2.74 bits per heavy atom. The van der Waals surface area contributed by atoms with E-state index in [0.717, 1.165) is 5.56 Å². The Morgan fingerprint density at radius 2 is 2.09 bits per heavy atom. The average molecular weight is 333 g/mol. The summed E-state index contributed by atoms with van der Waals surface area (Å²) in [6.45, 7) is 0.435. The molecule has 2 heterocycles. The Hall–Kier alpha value is -2.19. The van der Waals surface area contributed by atoms with Crippen LogP contribution in [-0.2, 0) is 17.1 Å². The number of rotatable bonds is 4. The lowest BCUT2D eigenvalue weighted by molar-refractivity contribution is 0.306. The molecule has 0 bridgehead atoms. The Labute approximate surface area is 135 Å². The summed E-state index contributed by atoms with van der Waals surface area (Å²) < 4.78 is 28.5. The van der Waals surface area contributed by atoms with Crippen molar-refractivity contribution in [1.82, 2.24) is 19.4 Å². The minimum atomic E-state index is -3.49. The summed E-state index contributed by atoms with van der Waals surface area (Å²) in [5.41, 5.74) is 1.66. The van der Waals surface area contributed by atoms with Gasteiger partial charge in [-0.15, -0.1) is 0 Å². The molecule has 0 amide bonds. The van der Waals surface area contributed by atoms with E-state index in [0.29, 0.717) is 17.9 Å². The van der Waals surface area contributed by atoms with Crippen LogP contribution in [0.3, 0.4) is 0 Å². The Morgan fingerprint density at radius 1 is 1.35 bits per heavy atom. The van der Waals surface area contributed by atoms with Crippen molar-refractivity contribution >= 4 is 15.9 Å². The minimum absolute atomic E-state index is 0.0217. The summed E-state index contributed by atoms with van der Waals surface area (Å²) in [5.74, 6) is 0.399. The van der Waals surface area contributed by atoms with Gasteiger partial charge in [-0.2, -0.15) is 5.10 Å². The van der Waals surface area contributed by atoms with Crippen LogP contribution in [0.25, 0.3) is 0 Å². The molecule has 1 atom stereocenters. The van der Waals surface area contributed by atoms with Gasteiger partial charge in [-0.1, -0.05) is 12.1 Å². The van der Waals surface area contributed by atoms with Gasteiger partial charge in [0.15, 0.2) is 0 Å². The van der Waals surface area contributed by atoms with Crippen molar-refractivity contribution in [1.29, 1.82) is 0 Å². The summed E-state index contributed by atoms with van der Waals surface area (Å²) in [6, 6.07) is 6.89. The molecule has 0 saturated carbocycles. The number of hydrogen-bond donors (Lipinski definition) is 1. The summed E-state index contributed by atoms with van der Waals surface area (Å²) in [6.07, 6.45) is 3.75. The molecule has 7 nitrogen and oxygen atoms in total. The number of aromatic nitrogens is 2. The van der Waals surface area contributed by atoms with Gasteiger partial charge in [-0.05, 0) is 26.2 Å². The van der Waals surface area contributed by atoms with E-state index in [1.807, 2.05) is 32.2 Å². The molecule has 0 fully saturated rings. The second-order valence-electron chi connectivity index (χ2n) is 5.72. The van der Waals surface area contributed by atoms with E-state index in [9.17, 15) is 8.42 Å². The molecule has 1 unspecified atom stereocenters. The number of fused-ring (bicyclic) bond motifs is 1. The second kappa shape index (κ2) is 5.78. The monoisotopic (exact) mass is 333 g/mol. The fourth-order valence-corrected chi connectivity index (χ4v) is 3.86. The average Bonchev–Trinajstić information content (AvgIpc) is 3.02. The van der Waals surface area contributed by atoms with Crippen LogP contribution in [0, 0.1) is 0 Å². The number of benzene rings is 1. The molecule has 0 spiro atoms. The number of amidine groups is 1. The van der Waals surface area contributed by atoms with Crippen molar-refractivity contribution in [3.8, 4) is 0 Å². The lowest BCUT2D eigenvalue weighted by Gasteiger charge is -2.21. The molecule has 0 radical (unpaired) electrons. The molecule has 1 aliphatic heterocycles. The molecule has 122 valence electrons. The number of nitrogens with zero attached hydrogens (tertiary/aromatic N) is 4. The van der Waals surface area contributed by atoms with E-state index in [1.165, 1.54) is 0 Å². The minimum Gasteiger partial charge on any atom is -0.301 e. The van der Waals surface area contributed by atoms with Crippen molar-refractivity contribution in [2.45, 2.75) is 10.9 Å². The zero-order valence-electron chi connectivity index (χ0n) is 13.3. The third kappa shape index (κ3) is 2.99. The Bertz CT molecular complexity index is 854. The zero-order chi connectivity index (χ0) is 16.6. The maximum atomic E-state index is 12.1. The van der Waals surface area contributed by atoms with Gasteiger partial charge < -0.3 is 4.90 Å². The van der Waals surface area contributed by atoms with E-state index < -0.39 is 10.0 Å². The highest BCUT2D eigenvalue weighted by Crippen LogP contribution is 2.23. The van der Waals surface area contributed by atoms with Gasteiger partial charge in [0.05, 0.1) is 23.7 Å². The van der Waals surface area contributed by atoms with Crippen LogP contribution in [0.2, 0.25) is 0 Å². The summed E-state index contributed by atoms with van der Waals surface area (Å²) in [4.78, 5) is 6.83. The molecule has 0 saturated heterocycles. The third-order valence-electron chi connectivity index (χ3n) is 3.82. The van der Waals surface area contributed by atoms with Crippen molar-refractivity contribution in [3.05, 3.63) is 47.8 Å². The summed E-state index contributed by atoms with van der Waals surface area (Å²) >= 11 is 0. The molecule has 1 aromatic carbocycles. The Balaban J connectivity index is 1.90. The van der Waals surface area contributed by atoms with Crippen LogP contribution in [0.1, 0.15) is 17.2 Å². The maximum Gasteiger partial charge on any atom is 0.263 e. The number of sulfonamides is 1. The summed E-state index contributed by atoms with van der Waals surface area (Å²) in [5, 5.41) is 4.19. The lowest BCUT2D eigenvalue weighted by atomic mass is 10.1. The highest BCUT2D eigenvalue weighted by atomic mass is 32.2. The van der Waals surface area contributed by atoms with Crippen molar-refractivity contribution < 1.29 is 8.42 Å². The van der Waals surface area contributed by atoms with Gasteiger partial charge in [-0.3, -0.25) is 14.4 Å². The van der Waals surface area contributed by atoms with Crippen LogP contribution in [0.15, 0.2) is 46.5 Å². The highest BCUT2D eigenvalue weighted by molar-refractivity contribution is 7.90. The first-order valence-corrected chi connectivity index (χ1v) is 8.68. The van der Waals surface area contributed by atoms with Gasteiger partial charge in [0.2, 0.25) is 0 Å². The molecule has 0 aliphatic carbocycles. The first kappa shape index (κ1) is 15.7. The van der Waals surface area contributed by atoms with Crippen molar-refractivity contribution in [2.24, 2.45) is 12.0 Å². The largest absolute Gasteiger partial charge is 0.301 e. The predicted molar refractivity (Wildman–Crippen MR) is 87.8 cm³/mol. The lowest BCUT2D eigenvalue weighted by Crippen LogP contribution is -2.26. The van der Waals surface area contributed by atoms with Crippen molar-refractivity contribution in [3.63, 3.8) is 0 Å². The number of nitrogens with one attached hydrogen (secondary N) is 1. The molecule has 1 aromatic heterocycles. The van der Waals surface area contributed by atoms with Gasteiger partial charge >= 0.3 is 0 Å². The molecule has 3 rings (SSSR count). The fraction of sp³-hybridized carbons (Fsp3) is 0.333. The number of hydrogen-bond acceptors (Lipinski definition) is 5. The fourth-order valence-electron chi connectivity index (χ4n) is 2.61. The molecular formula is C15H19N5O2S. The normalized spacial score (nSPS) is 18.9. The van der Waals surface area contributed by atoms with Crippen molar-refractivity contribution in [2.75, 3.05) is 20.6 Å². The second-order valence-corrected chi connectivity index (χ2v) is 7.37. The molecule has 8 heteroatoms. The number of aryl methyl sites for hydroxylation is 1. The summed E-state index contributed by atoms with van der Waals surface area (Å²) in [7, 11) is 2.30. The van der Waals surface area contributed by atoms with Crippen LogP contribution >= 0.6 is 0 Å². The van der Waals surface area contributed by atoms with Crippen LogP contribution < -0.4 is 4.72 Å². The van der Waals surface area contributed by atoms with E-state index in [2.05, 4.69) is 14.8 Å². The van der Waals surface area contributed by atoms with E-state index in [-0.39, 0.29) is 10.9 Å². The molecule has 2 aromatic rings. The topological polar surface area (TPSA) is 79.6 Å². The number of likely N-dealkylation sites (N-methyl/N-ethyl adjacent to an activating group) is 1. The van der Waals surface area contributed by atoms with Crippen LogP contribution in [0.4, 0.5) is 0 Å². The molecule has 1 aliphatic rings. The van der Waals surface area contributed by atoms with Gasteiger partial charge in [0.1, 0.15) is 5.84 Å². The van der Waals surface area contributed by atoms with E-state index in [1.54, 1.807) is 35.1 Å². The van der Waals surface area contributed by atoms with Crippen LogP contribution in [-0.4, -0.2) is 49.6 Å². The van der Waals surface area contributed by atoms with Gasteiger partial charge in [0, 0.05) is 24.4 Å².